The van der Waals surface area contributed by atoms with Gasteiger partial charge in [0.2, 0.25) is 0 Å². The van der Waals surface area contributed by atoms with Crippen LogP contribution in [-0.4, -0.2) is 13.5 Å². The minimum absolute atomic E-state index is 0.0135. The molecule has 0 atom stereocenters. The van der Waals surface area contributed by atoms with E-state index in [1.54, 1.807) is 5.38 Å². The normalized spacial score (nSPS) is 11.5. The zero-order chi connectivity index (χ0) is 14.0. The first kappa shape index (κ1) is 14.3. The summed E-state index contributed by atoms with van der Waals surface area (Å²) in [5, 5.41) is 10.6. The van der Waals surface area contributed by atoms with Crippen LogP contribution >= 0.6 is 22.9 Å². The van der Waals surface area contributed by atoms with Crippen LogP contribution in [0.5, 0.6) is 0 Å². The van der Waals surface area contributed by atoms with Crippen molar-refractivity contribution in [2.24, 2.45) is 0 Å². The Bertz CT molecular complexity index is 700. The zero-order valence-corrected chi connectivity index (χ0v) is 11.8. The van der Waals surface area contributed by atoms with Gasteiger partial charge in [0.1, 0.15) is 10.7 Å². The molecule has 2 N–H and O–H groups in total. The average molecular weight is 322 g/mol. The summed E-state index contributed by atoms with van der Waals surface area (Å²) in [5.41, 5.74) is 0.0816. The highest BCUT2D eigenvalue weighted by Gasteiger charge is 2.20. The van der Waals surface area contributed by atoms with Crippen molar-refractivity contribution < 1.29 is 17.9 Å². The Morgan fingerprint density at radius 2 is 2.11 bits per heavy atom. The van der Waals surface area contributed by atoms with Crippen LogP contribution in [-0.2, 0) is 16.6 Å². The van der Waals surface area contributed by atoms with E-state index in [9.17, 15) is 12.8 Å². The van der Waals surface area contributed by atoms with Crippen LogP contribution in [0.15, 0.2) is 34.5 Å². The lowest BCUT2D eigenvalue weighted by Gasteiger charge is -2.09. The van der Waals surface area contributed by atoms with Crippen molar-refractivity contribution in [2.75, 3.05) is 4.72 Å². The fourth-order valence-electron chi connectivity index (χ4n) is 1.46. The molecule has 8 heteroatoms. The Hall–Kier alpha value is -1.15. The SMILES string of the molecule is O=S(=O)(Nc1ccc(F)cc1Cl)c1ccsc1CO. The minimum atomic E-state index is -3.85. The summed E-state index contributed by atoms with van der Waals surface area (Å²) in [6.07, 6.45) is 0. The Balaban J connectivity index is 2.37. The van der Waals surface area contributed by atoms with Gasteiger partial charge < -0.3 is 5.11 Å². The lowest BCUT2D eigenvalue weighted by atomic mass is 10.3. The lowest BCUT2D eigenvalue weighted by Crippen LogP contribution is -2.14. The number of benzene rings is 1. The second kappa shape index (κ2) is 5.46. The molecule has 0 aliphatic rings. The number of hydrogen-bond acceptors (Lipinski definition) is 4. The monoisotopic (exact) mass is 321 g/mol. The van der Waals surface area contributed by atoms with Gasteiger partial charge in [0.15, 0.2) is 0 Å². The fourth-order valence-corrected chi connectivity index (χ4v) is 4.10. The number of thiophene rings is 1. The first-order chi connectivity index (χ1) is 8.94. The van der Waals surface area contributed by atoms with E-state index in [0.29, 0.717) is 4.88 Å². The molecule has 1 aromatic heterocycles. The first-order valence-corrected chi connectivity index (χ1v) is 7.83. The molecule has 0 amide bonds. The van der Waals surface area contributed by atoms with Crippen molar-refractivity contribution in [3.05, 3.63) is 45.4 Å². The molecule has 0 spiro atoms. The molecule has 0 aliphatic heterocycles. The summed E-state index contributed by atoms with van der Waals surface area (Å²) < 4.78 is 39.4. The van der Waals surface area contributed by atoms with Gasteiger partial charge in [-0.25, -0.2) is 12.8 Å². The molecule has 0 saturated carbocycles. The van der Waals surface area contributed by atoms with Crippen LogP contribution in [0.2, 0.25) is 5.02 Å². The van der Waals surface area contributed by atoms with Crippen LogP contribution in [0.3, 0.4) is 0 Å². The minimum Gasteiger partial charge on any atom is -0.391 e. The van der Waals surface area contributed by atoms with E-state index in [1.807, 2.05) is 0 Å². The standard InChI is InChI=1S/C11H9ClFNO3S2/c12-8-5-7(13)1-2-9(8)14-19(16,17)11-3-4-18-10(11)6-15/h1-5,14-15H,6H2. The van der Waals surface area contributed by atoms with Gasteiger partial charge in [0.05, 0.1) is 22.2 Å². The predicted octanol–water partition coefficient (Wildman–Crippen LogP) is 2.83. The second-order valence-corrected chi connectivity index (χ2v) is 6.65. The van der Waals surface area contributed by atoms with Crippen molar-refractivity contribution in [1.29, 1.82) is 0 Å². The Morgan fingerprint density at radius 1 is 1.37 bits per heavy atom. The molecule has 102 valence electrons. The molecule has 4 nitrogen and oxygen atoms in total. The molecule has 0 bridgehead atoms. The van der Waals surface area contributed by atoms with Gasteiger partial charge in [0.25, 0.3) is 10.0 Å². The van der Waals surface area contributed by atoms with E-state index in [0.717, 1.165) is 23.5 Å². The van der Waals surface area contributed by atoms with Gasteiger partial charge in [-0.1, -0.05) is 11.6 Å². The summed E-state index contributed by atoms with van der Waals surface area (Å²) in [6.45, 7) is -0.370. The molecular weight excluding hydrogens is 313 g/mol. The molecule has 2 aromatic rings. The van der Waals surface area contributed by atoms with E-state index in [4.69, 9.17) is 16.7 Å². The number of sulfonamides is 1. The molecular formula is C11H9ClFNO3S2. The van der Waals surface area contributed by atoms with Crippen molar-refractivity contribution in [3.63, 3.8) is 0 Å². The number of halogens is 2. The smallest absolute Gasteiger partial charge is 0.263 e. The summed E-state index contributed by atoms with van der Waals surface area (Å²) in [4.78, 5) is 0.311. The molecule has 2 rings (SSSR count). The van der Waals surface area contributed by atoms with Crippen molar-refractivity contribution in [3.8, 4) is 0 Å². The second-order valence-electron chi connectivity index (χ2n) is 3.60. The van der Waals surface area contributed by atoms with Gasteiger partial charge in [-0.15, -0.1) is 11.3 Å². The van der Waals surface area contributed by atoms with Gasteiger partial charge >= 0.3 is 0 Å². The fraction of sp³-hybridized carbons (Fsp3) is 0.0909. The van der Waals surface area contributed by atoms with Crippen molar-refractivity contribution in [1.82, 2.24) is 0 Å². The number of aliphatic hydroxyl groups excluding tert-OH is 1. The number of hydrogen-bond donors (Lipinski definition) is 2. The van der Waals surface area contributed by atoms with E-state index in [2.05, 4.69) is 4.72 Å². The highest BCUT2D eigenvalue weighted by molar-refractivity contribution is 7.93. The molecule has 0 radical (unpaired) electrons. The molecule has 19 heavy (non-hydrogen) atoms. The number of nitrogens with one attached hydrogen (secondary N) is 1. The zero-order valence-electron chi connectivity index (χ0n) is 9.43. The maximum Gasteiger partial charge on any atom is 0.263 e. The van der Waals surface area contributed by atoms with Crippen LogP contribution in [0, 0.1) is 5.82 Å². The van der Waals surface area contributed by atoms with E-state index in [1.165, 1.54) is 12.1 Å². The first-order valence-electron chi connectivity index (χ1n) is 5.09. The van der Waals surface area contributed by atoms with E-state index >= 15 is 0 Å². The predicted molar refractivity (Wildman–Crippen MR) is 72.5 cm³/mol. The average Bonchev–Trinajstić information content (AvgIpc) is 2.82. The molecule has 0 unspecified atom stereocenters. The van der Waals surface area contributed by atoms with Crippen LogP contribution < -0.4 is 4.72 Å². The number of anilines is 1. The quantitative estimate of drug-likeness (QED) is 0.910. The van der Waals surface area contributed by atoms with Crippen molar-refractivity contribution >= 4 is 38.6 Å². The maximum atomic E-state index is 12.9. The largest absolute Gasteiger partial charge is 0.391 e. The Labute approximate surface area is 118 Å². The molecule has 0 saturated heterocycles. The maximum absolute atomic E-state index is 12.9. The van der Waals surface area contributed by atoms with Crippen LogP contribution in [0.1, 0.15) is 4.88 Å². The van der Waals surface area contributed by atoms with E-state index in [-0.39, 0.29) is 22.2 Å². The third-order valence-electron chi connectivity index (χ3n) is 2.31. The summed E-state index contributed by atoms with van der Waals surface area (Å²) in [7, 11) is -3.85. The number of aliphatic hydroxyl groups is 1. The van der Waals surface area contributed by atoms with E-state index < -0.39 is 15.8 Å². The topological polar surface area (TPSA) is 66.4 Å². The highest BCUT2D eigenvalue weighted by atomic mass is 35.5. The Morgan fingerprint density at radius 3 is 2.74 bits per heavy atom. The van der Waals surface area contributed by atoms with Crippen LogP contribution in [0.25, 0.3) is 0 Å². The third-order valence-corrected chi connectivity index (χ3v) is 5.11. The number of rotatable bonds is 4. The highest BCUT2D eigenvalue weighted by Crippen LogP contribution is 2.28. The van der Waals surface area contributed by atoms with Crippen molar-refractivity contribution in [2.45, 2.75) is 11.5 Å². The van der Waals surface area contributed by atoms with Gasteiger partial charge in [-0.2, -0.15) is 0 Å². The summed E-state index contributed by atoms with van der Waals surface area (Å²) in [6, 6.07) is 4.74. The molecule has 0 aliphatic carbocycles. The lowest BCUT2D eigenvalue weighted by molar-refractivity contribution is 0.282. The van der Waals surface area contributed by atoms with Gasteiger partial charge in [-0.3, -0.25) is 4.72 Å². The van der Waals surface area contributed by atoms with Crippen LogP contribution in [0.4, 0.5) is 10.1 Å². The molecule has 1 aromatic carbocycles. The summed E-state index contributed by atoms with van der Waals surface area (Å²) in [5.74, 6) is -0.556. The van der Waals surface area contributed by atoms with Gasteiger partial charge in [0, 0.05) is 0 Å². The van der Waals surface area contributed by atoms with Gasteiger partial charge in [-0.05, 0) is 29.6 Å². The third kappa shape index (κ3) is 3.06. The molecule has 1 heterocycles. The molecule has 0 fully saturated rings. The Kier molecular flexibility index (Phi) is 4.10. The summed E-state index contributed by atoms with van der Waals surface area (Å²) >= 11 is 6.89.